The molecule has 1 aromatic rings. The topological polar surface area (TPSA) is 26.0 Å². The van der Waals surface area contributed by atoms with Crippen LogP contribution in [0.3, 0.4) is 0 Å². The third-order valence-electron chi connectivity index (χ3n) is 2.23. The second kappa shape index (κ2) is 7.20. The molecule has 86 valence electrons. The Bertz CT molecular complexity index is 307. The molecule has 15 heavy (non-hydrogen) atoms. The molecule has 4 heteroatoms. The molecule has 1 rings (SSSR count). The predicted octanol–water partition coefficient (Wildman–Crippen LogP) is 4.20. The van der Waals surface area contributed by atoms with Crippen LogP contribution < -0.4 is 5.73 Å². The summed E-state index contributed by atoms with van der Waals surface area (Å²) in [7, 11) is 0. The van der Waals surface area contributed by atoms with E-state index in [4.69, 9.17) is 5.73 Å². The van der Waals surface area contributed by atoms with Crippen molar-refractivity contribution >= 4 is 28.3 Å². The number of hydrogen-bond acceptors (Lipinski definition) is 1. The van der Waals surface area contributed by atoms with E-state index in [2.05, 4.69) is 22.9 Å². The summed E-state index contributed by atoms with van der Waals surface area (Å²) in [6.45, 7) is 2.10. The van der Waals surface area contributed by atoms with Crippen LogP contribution in [0.2, 0.25) is 0 Å². The van der Waals surface area contributed by atoms with Gasteiger partial charge in [0, 0.05) is 16.1 Å². The van der Waals surface area contributed by atoms with E-state index in [1.54, 1.807) is 6.07 Å². The van der Waals surface area contributed by atoms with Crippen LogP contribution >= 0.6 is 28.3 Å². The molecule has 0 fully saturated rings. The van der Waals surface area contributed by atoms with Gasteiger partial charge in [0.2, 0.25) is 0 Å². The molecule has 0 bridgehead atoms. The fraction of sp³-hybridized carbons (Fsp3) is 0.455. The van der Waals surface area contributed by atoms with Gasteiger partial charge in [-0.05, 0) is 18.6 Å². The standard InChI is InChI=1S/C11H15BrFN.ClH/c1-2-3-4-11(14)9-6-5-8(12)7-10(9)13;/h5-7,11H,2-4,14H2,1H3;1H/t11-;/m0./s1. The maximum Gasteiger partial charge on any atom is 0.129 e. The van der Waals surface area contributed by atoms with E-state index in [9.17, 15) is 4.39 Å². The minimum absolute atomic E-state index is 0. The third kappa shape index (κ3) is 4.49. The van der Waals surface area contributed by atoms with Crippen LogP contribution in [-0.4, -0.2) is 0 Å². The fourth-order valence-electron chi connectivity index (χ4n) is 1.38. The van der Waals surface area contributed by atoms with Crippen LogP contribution in [0.1, 0.15) is 37.8 Å². The van der Waals surface area contributed by atoms with Gasteiger partial charge in [-0.25, -0.2) is 4.39 Å². The molecule has 0 unspecified atom stereocenters. The summed E-state index contributed by atoms with van der Waals surface area (Å²) >= 11 is 3.22. The molecule has 1 atom stereocenters. The van der Waals surface area contributed by atoms with Crippen LogP contribution in [0.15, 0.2) is 22.7 Å². The Morgan fingerprint density at radius 2 is 2.13 bits per heavy atom. The highest BCUT2D eigenvalue weighted by Gasteiger charge is 2.10. The lowest BCUT2D eigenvalue weighted by molar-refractivity contribution is 0.547. The van der Waals surface area contributed by atoms with E-state index < -0.39 is 0 Å². The lowest BCUT2D eigenvalue weighted by atomic mass is 10.0. The van der Waals surface area contributed by atoms with E-state index in [0.717, 1.165) is 23.7 Å². The van der Waals surface area contributed by atoms with E-state index in [0.29, 0.717) is 5.56 Å². The smallest absolute Gasteiger partial charge is 0.129 e. The number of halogens is 3. The van der Waals surface area contributed by atoms with Gasteiger partial charge in [0.15, 0.2) is 0 Å². The minimum Gasteiger partial charge on any atom is -0.324 e. The largest absolute Gasteiger partial charge is 0.324 e. The summed E-state index contributed by atoms with van der Waals surface area (Å²) < 4.78 is 14.2. The molecule has 0 saturated carbocycles. The maximum absolute atomic E-state index is 13.4. The SMILES string of the molecule is CCCC[C@H](N)c1ccc(Br)cc1F.Cl. The second-order valence-electron chi connectivity index (χ2n) is 3.41. The first-order valence-corrected chi connectivity index (χ1v) is 5.65. The van der Waals surface area contributed by atoms with Crippen molar-refractivity contribution in [1.82, 2.24) is 0 Å². The fourth-order valence-corrected chi connectivity index (χ4v) is 1.71. The first kappa shape index (κ1) is 14.9. The van der Waals surface area contributed by atoms with Gasteiger partial charge in [-0.1, -0.05) is 41.8 Å². The van der Waals surface area contributed by atoms with E-state index >= 15 is 0 Å². The van der Waals surface area contributed by atoms with Gasteiger partial charge in [-0.3, -0.25) is 0 Å². The molecule has 0 saturated heterocycles. The zero-order chi connectivity index (χ0) is 10.6. The van der Waals surface area contributed by atoms with E-state index in [-0.39, 0.29) is 24.3 Å². The number of unbranched alkanes of at least 4 members (excludes halogenated alkanes) is 1. The van der Waals surface area contributed by atoms with Gasteiger partial charge in [0.05, 0.1) is 0 Å². The van der Waals surface area contributed by atoms with Gasteiger partial charge in [0.1, 0.15) is 5.82 Å². The van der Waals surface area contributed by atoms with Crippen molar-refractivity contribution in [2.75, 3.05) is 0 Å². The first-order valence-electron chi connectivity index (χ1n) is 4.85. The zero-order valence-corrected chi connectivity index (χ0v) is 11.1. The second-order valence-corrected chi connectivity index (χ2v) is 4.33. The molecular formula is C11H16BrClFN. The van der Waals surface area contributed by atoms with Gasteiger partial charge in [-0.2, -0.15) is 0 Å². The van der Waals surface area contributed by atoms with Gasteiger partial charge in [-0.15, -0.1) is 12.4 Å². The monoisotopic (exact) mass is 295 g/mol. The first-order chi connectivity index (χ1) is 6.65. The summed E-state index contributed by atoms with van der Waals surface area (Å²) in [6, 6.07) is 4.86. The Labute approximate surface area is 105 Å². The Kier molecular flexibility index (Phi) is 7.14. The van der Waals surface area contributed by atoms with Crippen molar-refractivity contribution in [2.45, 2.75) is 32.2 Å². The lowest BCUT2D eigenvalue weighted by Gasteiger charge is -2.12. The van der Waals surface area contributed by atoms with Crippen molar-refractivity contribution in [3.63, 3.8) is 0 Å². The number of nitrogens with two attached hydrogens (primary N) is 1. The van der Waals surface area contributed by atoms with Crippen molar-refractivity contribution in [3.05, 3.63) is 34.1 Å². The molecule has 0 aliphatic rings. The third-order valence-corrected chi connectivity index (χ3v) is 2.72. The number of hydrogen-bond donors (Lipinski definition) is 1. The maximum atomic E-state index is 13.4. The Hall–Kier alpha value is -0.120. The zero-order valence-electron chi connectivity index (χ0n) is 8.67. The van der Waals surface area contributed by atoms with Crippen molar-refractivity contribution in [3.8, 4) is 0 Å². The van der Waals surface area contributed by atoms with Crippen molar-refractivity contribution in [2.24, 2.45) is 5.73 Å². The number of benzene rings is 1. The molecule has 0 heterocycles. The highest BCUT2D eigenvalue weighted by Crippen LogP contribution is 2.22. The van der Waals surface area contributed by atoms with Crippen molar-refractivity contribution in [1.29, 1.82) is 0 Å². The van der Waals surface area contributed by atoms with Gasteiger partial charge in [0.25, 0.3) is 0 Å². The average molecular weight is 297 g/mol. The molecule has 0 spiro atoms. The van der Waals surface area contributed by atoms with Crippen LogP contribution in [0, 0.1) is 5.82 Å². The quantitative estimate of drug-likeness (QED) is 0.885. The Morgan fingerprint density at radius 1 is 1.47 bits per heavy atom. The van der Waals surface area contributed by atoms with Crippen LogP contribution in [0.5, 0.6) is 0 Å². The average Bonchev–Trinajstić information content (AvgIpc) is 2.14. The van der Waals surface area contributed by atoms with Crippen LogP contribution in [0.4, 0.5) is 4.39 Å². The van der Waals surface area contributed by atoms with E-state index in [1.807, 2.05) is 6.07 Å². The van der Waals surface area contributed by atoms with Crippen LogP contribution in [-0.2, 0) is 0 Å². The molecule has 2 N–H and O–H groups in total. The van der Waals surface area contributed by atoms with Gasteiger partial charge >= 0.3 is 0 Å². The Balaban J connectivity index is 0.00000196. The molecule has 1 aromatic carbocycles. The van der Waals surface area contributed by atoms with Gasteiger partial charge < -0.3 is 5.73 Å². The molecule has 0 aromatic heterocycles. The molecule has 0 amide bonds. The lowest BCUT2D eigenvalue weighted by Crippen LogP contribution is -2.11. The normalized spacial score (nSPS) is 12.0. The summed E-state index contributed by atoms with van der Waals surface area (Å²) in [4.78, 5) is 0. The minimum atomic E-state index is -0.219. The number of rotatable bonds is 4. The highest BCUT2D eigenvalue weighted by molar-refractivity contribution is 9.10. The summed E-state index contributed by atoms with van der Waals surface area (Å²) in [5.41, 5.74) is 6.49. The van der Waals surface area contributed by atoms with Crippen LogP contribution in [0.25, 0.3) is 0 Å². The van der Waals surface area contributed by atoms with Crippen molar-refractivity contribution < 1.29 is 4.39 Å². The molecular weight excluding hydrogens is 280 g/mol. The predicted molar refractivity (Wildman–Crippen MR) is 67.8 cm³/mol. The Morgan fingerprint density at radius 3 is 2.67 bits per heavy atom. The van der Waals surface area contributed by atoms with E-state index in [1.165, 1.54) is 6.07 Å². The summed E-state index contributed by atoms with van der Waals surface area (Å²) in [5, 5.41) is 0. The molecule has 0 aliphatic heterocycles. The highest BCUT2D eigenvalue weighted by atomic mass is 79.9. The summed E-state index contributed by atoms with van der Waals surface area (Å²) in [5.74, 6) is -0.219. The molecule has 0 aliphatic carbocycles. The summed E-state index contributed by atoms with van der Waals surface area (Å²) in [6.07, 6.45) is 2.97. The molecule has 0 radical (unpaired) electrons. The molecule has 1 nitrogen and oxygen atoms in total.